The van der Waals surface area contributed by atoms with Crippen LogP contribution >= 0.6 is 0 Å². The molecule has 0 aromatic heterocycles. The third kappa shape index (κ3) is 11.8. The third-order valence-corrected chi connectivity index (χ3v) is 4.49. The van der Waals surface area contributed by atoms with E-state index in [9.17, 15) is 4.79 Å². The predicted molar refractivity (Wildman–Crippen MR) is 95.9 cm³/mol. The molecule has 2 heteroatoms. The van der Waals surface area contributed by atoms with Crippen molar-refractivity contribution in [3.8, 4) is 0 Å². The first-order valence-corrected chi connectivity index (χ1v) is 9.11. The van der Waals surface area contributed by atoms with E-state index in [0.717, 1.165) is 36.2 Å². The fraction of sp³-hybridized carbons (Fsp3) is 0.850. The number of methoxy groups -OCH3 is 1. The van der Waals surface area contributed by atoms with Gasteiger partial charge in [-0.2, -0.15) is 0 Å². The molecule has 2 nitrogen and oxygen atoms in total. The Morgan fingerprint density at radius 3 is 1.91 bits per heavy atom. The van der Waals surface area contributed by atoms with Crippen LogP contribution in [0.3, 0.4) is 0 Å². The second kappa shape index (κ2) is 12.7. The number of esters is 1. The van der Waals surface area contributed by atoms with Gasteiger partial charge in [-0.05, 0) is 37.5 Å². The molecule has 0 N–H and O–H groups in total. The molecular weight excluding hydrogens is 272 g/mol. The van der Waals surface area contributed by atoms with Crippen molar-refractivity contribution in [3.05, 3.63) is 11.6 Å². The fourth-order valence-electron chi connectivity index (χ4n) is 2.81. The second-order valence-electron chi connectivity index (χ2n) is 7.42. The number of hydrogen-bond donors (Lipinski definition) is 0. The molecule has 0 amide bonds. The zero-order valence-electron chi connectivity index (χ0n) is 15.8. The van der Waals surface area contributed by atoms with Crippen molar-refractivity contribution in [1.29, 1.82) is 0 Å². The quantitative estimate of drug-likeness (QED) is 0.319. The van der Waals surface area contributed by atoms with E-state index in [1.165, 1.54) is 45.6 Å². The Hall–Kier alpha value is -0.790. The Balaban J connectivity index is 3.68. The van der Waals surface area contributed by atoms with E-state index < -0.39 is 0 Å². The number of carbonyl (C=O) groups excluding carboxylic acids is 1. The summed E-state index contributed by atoms with van der Waals surface area (Å²) in [7, 11) is 1.44. The predicted octanol–water partition coefficient (Wildman–Crippen LogP) is 6.15. The smallest absolute Gasteiger partial charge is 0.333 e. The van der Waals surface area contributed by atoms with Gasteiger partial charge in [0, 0.05) is 5.57 Å². The van der Waals surface area contributed by atoms with E-state index in [-0.39, 0.29) is 5.97 Å². The zero-order chi connectivity index (χ0) is 17.0. The lowest BCUT2D eigenvalue weighted by atomic mass is 9.92. The van der Waals surface area contributed by atoms with Crippen molar-refractivity contribution in [3.63, 3.8) is 0 Å². The van der Waals surface area contributed by atoms with Crippen LogP contribution in [-0.2, 0) is 9.53 Å². The summed E-state index contributed by atoms with van der Waals surface area (Å²) in [6, 6.07) is 0. The molecule has 130 valence electrons. The topological polar surface area (TPSA) is 26.3 Å². The fourth-order valence-corrected chi connectivity index (χ4v) is 2.81. The van der Waals surface area contributed by atoms with Gasteiger partial charge in [0.1, 0.15) is 0 Å². The highest BCUT2D eigenvalue weighted by molar-refractivity contribution is 5.87. The molecule has 0 spiro atoms. The normalized spacial score (nSPS) is 15.0. The molecule has 2 atom stereocenters. The minimum atomic E-state index is -0.206. The lowest BCUT2D eigenvalue weighted by molar-refractivity contribution is -0.136. The Morgan fingerprint density at radius 2 is 1.41 bits per heavy atom. The maximum atomic E-state index is 11.3. The first kappa shape index (κ1) is 21.2. The number of allylic oxidation sites excluding steroid dienone is 1. The molecule has 0 bridgehead atoms. The first-order valence-electron chi connectivity index (χ1n) is 9.11. The van der Waals surface area contributed by atoms with E-state index in [4.69, 9.17) is 4.74 Å². The molecule has 0 aromatic carbocycles. The summed E-state index contributed by atoms with van der Waals surface area (Å²) in [4.78, 5) is 11.3. The molecule has 2 unspecified atom stereocenters. The zero-order valence-corrected chi connectivity index (χ0v) is 15.8. The molecule has 0 saturated carbocycles. The summed E-state index contributed by atoms with van der Waals surface area (Å²) in [6.45, 7) is 11.2. The van der Waals surface area contributed by atoms with E-state index in [1.54, 1.807) is 0 Å². The maximum Gasteiger partial charge on any atom is 0.333 e. The standard InChI is InChI=1S/C20H38O2/c1-16(2)10-7-11-17(3)12-8-13-18(4)14-9-15-19(5)20(21)22-6/h15-18H,7-14H2,1-6H3/b19-15-. The third-order valence-electron chi connectivity index (χ3n) is 4.49. The number of ether oxygens (including phenoxy) is 1. The summed E-state index contributed by atoms with van der Waals surface area (Å²) in [5, 5.41) is 0. The minimum Gasteiger partial charge on any atom is -0.466 e. The van der Waals surface area contributed by atoms with Gasteiger partial charge in [0.2, 0.25) is 0 Å². The van der Waals surface area contributed by atoms with Crippen LogP contribution in [0.2, 0.25) is 0 Å². The molecule has 0 aliphatic rings. The van der Waals surface area contributed by atoms with Gasteiger partial charge in [-0.1, -0.05) is 72.3 Å². The van der Waals surface area contributed by atoms with Gasteiger partial charge < -0.3 is 4.74 Å². The van der Waals surface area contributed by atoms with Crippen molar-refractivity contribution >= 4 is 5.97 Å². The van der Waals surface area contributed by atoms with Crippen LogP contribution in [0, 0.1) is 17.8 Å². The van der Waals surface area contributed by atoms with Crippen LogP contribution in [-0.4, -0.2) is 13.1 Å². The molecule has 0 fully saturated rings. The highest BCUT2D eigenvalue weighted by Gasteiger charge is 2.07. The summed E-state index contributed by atoms with van der Waals surface area (Å²) in [6.07, 6.45) is 12.3. The molecular formula is C20H38O2. The van der Waals surface area contributed by atoms with Crippen LogP contribution in [0.4, 0.5) is 0 Å². The average Bonchev–Trinajstić information content (AvgIpc) is 2.45. The molecule has 0 aliphatic carbocycles. The summed E-state index contributed by atoms with van der Waals surface area (Å²) < 4.78 is 4.70. The van der Waals surface area contributed by atoms with Crippen LogP contribution in [0.1, 0.15) is 86.0 Å². The monoisotopic (exact) mass is 310 g/mol. The first-order chi connectivity index (χ1) is 10.4. The SMILES string of the molecule is COC(=O)/C(C)=C\CCC(C)CCCC(C)CCCC(C)C. The average molecular weight is 311 g/mol. The van der Waals surface area contributed by atoms with Crippen LogP contribution in [0.25, 0.3) is 0 Å². The van der Waals surface area contributed by atoms with E-state index >= 15 is 0 Å². The highest BCUT2D eigenvalue weighted by Crippen LogP contribution is 2.21. The lowest BCUT2D eigenvalue weighted by Crippen LogP contribution is -2.02. The van der Waals surface area contributed by atoms with Crippen LogP contribution < -0.4 is 0 Å². The van der Waals surface area contributed by atoms with Gasteiger partial charge in [-0.15, -0.1) is 0 Å². The summed E-state index contributed by atoms with van der Waals surface area (Å²) in [5.74, 6) is 2.24. The number of rotatable bonds is 12. The van der Waals surface area contributed by atoms with Crippen molar-refractivity contribution < 1.29 is 9.53 Å². The summed E-state index contributed by atoms with van der Waals surface area (Å²) in [5.41, 5.74) is 0.730. The van der Waals surface area contributed by atoms with Crippen molar-refractivity contribution in [2.24, 2.45) is 17.8 Å². The van der Waals surface area contributed by atoms with Gasteiger partial charge in [0.25, 0.3) is 0 Å². The van der Waals surface area contributed by atoms with Crippen LogP contribution in [0.15, 0.2) is 11.6 Å². The Kier molecular flexibility index (Phi) is 12.3. The second-order valence-corrected chi connectivity index (χ2v) is 7.42. The molecule has 0 aromatic rings. The van der Waals surface area contributed by atoms with Crippen molar-refractivity contribution in [1.82, 2.24) is 0 Å². The van der Waals surface area contributed by atoms with Gasteiger partial charge in [-0.3, -0.25) is 0 Å². The van der Waals surface area contributed by atoms with Gasteiger partial charge in [-0.25, -0.2) is 4.79 Å². The molecule has 0 heterocycles. The number of carbonyl (C=O) groups is 1. The Bertz CT molecular complexity index is 318. The lowest BCUT2D eigenvalue weighted by Gasteiger charge is -2.14. The minimum absolute atomic E-state index is 0.206. The molecule has 0 saturated heterocycles. The molecule has 0 radical (unpaired) electrons. The van der Waals surface area contributed by atoms with E-state index in [0.29, 0.717) is 0 Å². The largest absolute Gasteiger partial charge is 0.466 e. The Labute approximate surface area is 138 Å². The maximum absolute atomic E-state index is 11.3. The Morgan fingerprint density at radius 1 is 0.909 bits per heavy atom. The molecule has 0 rings (SSSR count). The van der Waals surface area contributed by atoms with Crippen molar-refractivity contribution in [2.45, 2.75) is 86.0 Å². The molecule has 0 aliphatic heterocycles. The van der Waals surface area contributed by atoms with E-state index in [2.05, 4.69) is 27.7 Å². The van der Waals surface area contributed by atoms with Gasteiger partial charge in [0.15, 0.2) is 0 Å². The van der Waals surface area contributed by atoms with Gasteiger partial charge >= 0.3 is 5.97 Å². The van der Waals surface area contributed by atoms with Crippen molar-refractivity contribution in [2.75, 3.05) is 7.11 Å². The summed E-state index contributed by atoms with van der Waals surface area (Å²) >= 11 is 0. The van der Waals surface area contributed by atoms with Gasteiger partial charge in [0.05, 0.1) is 7.11 Å². The molecule has 22 heavy (non-hydrogen) atoms. The highest BCUT2D eigenvalue weighted by atomic mass is 16.5. The van der Waals surface area contributed by atoms with Crippen LogP contribution in [0.5, 0.6) is 0 Å². The number of hydrogen-bond acceptors (Lipinski definition) is 2. The van der Waals surface area contributed by atoms with E-state index in [1.807, 2.05) is 13.0 Å².